The van der Waals surface area contributed by atoms with Crippen molar-refractivity contribution in [1.29, 1.82) is 0 Å². The van der Waals surface area contributed by atoms with Crippen LogP contribution in [0, 0.1) is 178 Å². The number of benzene rings is 1. The molecule has 6 nitrogen and oxygen atoms in total. The van der Waals surface area contributed by atoms with E-state index in [1.807, 2.05) is 0 Å². The minimum Gasteiger partial charge on any atom is -0.478 e. The molecule has 0 aliphatic carbocycles. The highest BCUT2D eigenvalue weighted by Crippen LogP contribution is 2.15. The van der Waals surface area contributed by atoms with Gasteiger partial charge >= 0.3 is 12.1 Å². The van der Waals surface area contributed by atoms with Gasteiger partial charge in [0.05, 0.1) is 16.9 Å². The van der Waals surface area contributed by atoms with E-state index in [1.165, 1.54) is 12.1 Å². The maximum Gasteiger partial charge on any atom is 0.412 e. The fraction of sp³-hybridized carbons (Fsp3) is 0.0652. The zero-order valence-electron chi connectivity index (χ0n) is 27.4. The third kappa shape index (κ3) is 23.8. The van der Waals surface area contributed by atoms with E-state index < -0.39 is 12.1 Å². The van der Waals surface area contributed by atoms with Crippen molar-refractivity contribution in [2.75, 3.05) is 5.32 Å². The average molecular weight is 663 g/mol. The standard InChI is InChI=1S/C32H6.C14H12N2O4/c1-3-5-7-9-11-13-15-17-19-21-23-25-27-29-31-32-30-28-26-24-22-20-18-16-14-12-10-8-6-4-2;17-13(18)11-6-1-2-7-12(11)16-14(19)20-9-10-5-3-4-8-15-10/h1-2H3;1-8H,9H2,(H,16,19)(H,17,18). The second-order valence-corrected chi connectivity index (χ2v) is 7.87. The number of ether oxygens (including phenoxy) is 1. The Hall–Kier alpha value is -9.49. The van der Waals surface area contributed by atoms with Gasteiger partial charge < -0.3 is 9.84 Å². The van der Waals surface area contributed by atoms with Crippen molar-refractivity contribution >= 4 is 17.7 Å². The van der Waals surface area contributed by atoms with E-state index in [2.05, 4.69) is 188 Å². The average Bonchev–Trinajstić information content (AvgIpc) is 3.16. The van der Waals surface area contributed by atoms with Crippen LogP contribution in [-0.2, 0) is 11.3 Å². The Bertz CT molecular complexity index is 2520. The van der Waals surface area contributed by atoms with E-state index in [0.29, 0.717) is 5.69 Å². The Labute approximate surface area is 304 Å². The van der Waals surface area contributed by atoms with Gasteiger partial charge in [-0.3, -0.25) is 10.3 Å². The van der Waals surface area contributed by atoms with Crippen LogP contribution in [0.5, 0.6) is 0 Å². The van der Waals surface area contributed by atoms with E-state index in [1.54, 1.807) is 50.4 Å². The van der Waals surface area contributed by atoms with Crippen LogP contribution in [0.15, 0.2) is 48.7 Å². The molecule has 0 bridgehead atoms. The molecule has 52 heavy (non-hydrogen) atoms. The van der Waals surface area contributed by atoms with Crippen molar-refractivity contribution in [2.24, 2.45) is 0 Å². The molecule has 0 unspecified atom stereocenters. The first-order chi connectivity index (χ1) is 25.6. The molecule has 1 aromatic heterocycles. The summed E-state index contributed by atoms with van der Waals surface area (Å²) < 4.78 is 4.96. The molecule has 236 valence electrons. The molecule has 6 heteroatoms. The predicted octanol–water partition coefficient (Wildman–Crippen LogP) is 3.61. The van der Waals surface area contributed by atoms with E-state index in [9.17, 15) is 9.59 Å². The topological polar surface area (TPSA) is 88.5 Å². The number of nitrogens with zero attached hydrogens (tertiary/aromatic N) is 1. The molecule has 0 saturated carbocycles. The molecule has 0 radical (unpaired) electrons. The molecule has 2 N–H and O–H groups in total. The Morgan fingerprint density at radius 3 is 1.21 bits per heavy atom. The summed E-state index contributed by atoms with van der Waals surface area (Å²) in [5.74, 6) is 74.5. The molecule has 2 aromatic rings. The number of hydrogen-bond acceptors (Lipinski definition) is 4. The van der Waals surface area contributed by atoms with E-state index >= 15 is 0 Å². The third-order valence-corrected chi connectivity index (χ3v) is 4.41. The Morgan fingerprint density at radius 1 is 0.538 bits per heavy atom. The number of carboxylic acids is 1. The number of hydrogen-bond donors (Lipinski definition) is 2. The summed E-state index contributed by atoms with van der Waals surface area (Å²) in [6.07, 6.45) is 0.861. The van der Waals surface area contributed by atoms with Crippen LogP contribution in [-0.4, -0.2) is 22.2 Å². The largest absolute Gasteiger partial charge is 0.478 e. The Kier molecular flexibility index (Phi) is 23.5. The molecule has 1 amide bonds. The zero-order chi connectivity index (χ0) is 37.6. The Balaban J connectivity index is 0.000000574. The van der Waals surface area contributed by atoms with Gasteiger partial charge in [0.2, 0.25) is 0 Å². The van der Waals surface area contributed by atoms with Crippen LogP contribution >= 0.6 is 0 Å². The van der Waals surface area contributed by atoms with Crippen molar-refractivity contribution in [3.8, 4) is 178 Å². The van der Waals surface area contributed by atoms with Gasteiger partial charge in [0.15, 0.2) is 0 Å². The summed E-state index contributed by atoms with van der Waals surface area (Å²) in [5, 5.41) is 11.4. The number of anilines is 1. The van der Waals surface area contributed by atoms with Gasteiger partial charge in [-0.1, -0.05) is 30.0 Å². The van der Waals surface area contributed by atoms with E-state index in [-0.39, 0.29) is 17.9 Å². The van der Waals surface area contributed by atoms with Gasteiger partial charge in [0.1, 0.15) is 6.61 Å². The van der Waals surface area contributed by atoms with Gasteiger partial charge in [0, 0.05) is 77.2 Å². The minimum absolute atomic E-state index is 0.00212. The fourth-order valence-electron chi connectivity index (χ4n) is 2.49. The minimum atomic E-state index is -1.12. The molecule has 0 spiro atoms. The SMILES string of the molecule is CC#CC#CC#CC#CC#CC#CC#CC#CC#CC#CC#CC#CC#CC#CC#CC.O=C(Nc1ccccc1C(=O)O)OCc1ccccn1. The van der Waals surface area contributed by atoms with E-state index in [4.69, 9.17) is 9.84 Å². The quantitative estimate of drug-likeness (QED) is 0.489. The molecular weight excluding hydrogens is 645 g/mol. The highest BCUT2D eigenvalue weighted by Gasteiger charge is 2.12. The van der Waals surface area contributed by atoms with Gasteiger partial charge in [-0.15, -0.1) is 0 Å². The lowest BCUT2D eigenvalue weighted by atomic mass is 10.2. The van der Waals surface area contributed by atoms with Crippen molar-refractivity contribution in [2.45, 2.75) is 20.5 Å². The number of rotatable bonds is 4. The second kappa shape index (κ2) is 30.2. The van der Waals surface area contributed by atoms with Gasteiger partial charge in [-0.25, -0.2) is 9.59 Å². The first kappa shape index (κ1) is 40.5. The summed E-state index contributed by atoms with van der Waals surface area (Å²) in [6, 6.07) is 11.4. The molecule has 0 atom stereocenters. The predicted molar refractivity (Wildman–Crippen MR) is 199 cm³/mol. The summed E-state index contributed by atoms with van der Waals surface area (Å²) in [5.41, 5.74) is 0.794. The molecule has 0 aliphatic heterocycles. The van der Waals surface area contributed by atoms with Crippen molar-refractivity contribution in [1.82, 2.24) is 4.98 Å². The van der Waals surface area contributed by atoms with E-state index in [0.717, 1.165) is 0 Å². The number of aromatic nitrogens is 1. The summed E-state index contributed by atoms with van der Waals surface area (Å²) in [7, 11) is 0. The number of amides is 1. The molecular formula is C46H18N2O4. The van der Waals surface area contributed by atoms with Crippen LogP contribution in [0.3, 0.4) is 0 Å². The monoisotopic (exact) mass is 662 g/mol. The normalized spacial score (nSPS) is 6.19. The number of carbonyl (C=O) groups is 2. The van der Waals surface area contributed by atoms with Crippen LogP contribution in [0.1, 0.15) is 29.9 Å². The zero-order valence-corrected chi connectivity index (χ0v) is 27.4. The number of carbonyl (C=O) groups excluding carboxylic acids is 1. The van der Waals surface area contributed by atoms with Crippen LogP contribution in [0.2, 0.25) is 0 Å². The third-order valence-electron chi connectivity index (χ3n) is 4.41. The van der Waals surface area contributed by atoms with Gasteiger partial charge in [0.25, 0.3) is 0 Å². The lowest BCUT2D eigenvalue weighted by molar-refractivity contribution is 0.0698. The smallest absolute Gasteiger partial charge is 0.412 e. The fourth-order valence-corrected chi connectivity index (χ4v) is 2.49. The first-order valence-corrected chi connectivity index (χ1v) is 14.1. The van der Waals surface area contributed by atoms with Crippen LogP contribution in [0.25, 0.3) is 0 Å². The summed E-state index contributed by atoms with van der Waals surface area (Å²) in [6.45, 7) is 3.40. The molecule has 1 heterocycles. The second-order valence-electron chi connectivity index (χ2n) is 7.87. The highest BCUT2D eigenvalue weighted by atomic mass is 16.5. The summed E-state index contributed by atoms with van der Waals surface area (Å²) >= 11 is 0. The van der Waals surface area contributed by atoms with Gasteiger partial charge in [-0.2, -0.15) is 0 Å². The number of aromatic carboxylic acids is 1. The maximum atomic E-state index is 11.6. The lowest BCUT2D eigenvalue weighted by Gasteiger charge is -2.08. The molecule has 2 rings (SSSR count). The lowest BCUT2D eigenvalue weighted by Crippen LogP contribution is -2.16. The van der Waals surface area contributed by atoms with Crippen LogP contribution < -0.4 is 5.32 Å². The summed E-state index contributed by atoms with van der Waals surface area (Å²) in [4.78, 5) is 26.6. The van der Waals surface area contributed by atoms with Gasteiger partial charge in [-0.05, 0) is 133 Å². The van der Waals surface area contributed by atoms with Crippen LogP contribution in [0.4, 0.5) is 10.5 Å². The van der Waals surface area contributed by atoms with Crippen molar-refractivity contribution in [3.05, 3.63) is 59.9 Å². The Morgan fingerprint density at radius 2 is 0.885 bits per heavy atom. The molecule has 0 saturated heterocycles. The first-order valence-electron chi connectivity index (χ1n) is 14.1. The molecule has 0 aliphatic rings. The van der Waals surface area contributed by atoms with Crippen molar-refractivity contribution < 1.29 is 19.4 Å². The van der Waals surface area contributed by atoms with Crippen molar-refractivity contribution in [3.63, 3.8) is 0 Å². The number of carboxylic acid groups (broad SMARTS) is 1. The maximum absolute atomic E-state index is 11.6. The number of nitrogens with one attached hydrogen (secondary N) is 1. The number of para-hydroxylation sites is 1. The molecule has 1 aromatic carbocycles. The highest BCUT2D eigenvalue weighted by molar-refractivity contribution is 5.98. The molecule has 0 fully saturated rings. The number of pyridine rings is 1.